The number of hydrogen-bond acceptors (Lipinski definition) is 0. The van der Waals surface area contributed by atoms with Gasteiger partial charge >= 0.3 is 0 Å². The molecule has 0 aromatic rings. The Balaban J connectivity index is 2.14. The first-order valence-corrected chi connectivity index (χ1v) is 5.15. The molecule has 0 aliphatic heterocycles. The van der Waals surface area contributed by atoms with E-state index in [-0.39, 0.29) is 0 Å². The molecule has 4 rings (SSSR count). The Labute approximate surface area is 69.4 Å². The fraction of sp³-hybridized carbons (Fsp3) is 1.00. The Morgan fingerprint density at radius 3 is 1.64 bits per heavy atom. The molecule has 0 amide bonds. The molecule has 0 N–H and O–H groups in total. The van der Waals surface area contributed by atoms with E-state index in [1.165, 1.54) is 0 Å². The van der Waals surface area contributed by atoms with Gasteiger partial charge in [0.2, 0.25) is 0 Å². The lowest BCUT2D eigenvalue weighted by Crippen LogP contribution is -2.26. The molecule has 0 nitrogen and oxygen atoms in total. The van der Waals surface area contributed by atoms with E-state index in [1.54, 1.807) is 12.8 Å². The second kappa shape index (κ2) is 1.53. The van der Waals surface area contributed by atoms with E-state index < -0.39 is 0 Å². The highest BCUT2D eigenvalue weighted by Crippen LogP contribution is 2.74. The third kappa shape index (κ3) is 0.443. The van der Waals surface area contributed by atoms with E-state index >= 15 is 0 Å². The molecule has 0 radical (unpaired) electrons. The van der Waals surface area contributed by atoms with E-state index in [0.29, 0.717) is 0 Å². The van der Waals surface area contributed by atoms with Crippen LogP contribution in [0.1, 0.15) is 33.6 Å². The second-order valence-corrected chi connectivity index (χ2v) is 5.44. The SMILES string of the molecule is CC1C2CC3CC2C(C)C31C. The van der Waals surface area contributed by atoms with Crippen molar-refractivity contribution in [2.24, 2.45) is 35.0 Å². The van der Waals surface area contributed by atoms with Gasteiger partial charge in [-0.2, -0.15) is 0 Å². The van der Waals surface area contributed by atoms with Crippen molar-refractivity contribution >= 4 is 0 Å². The van der Waals surface area contributed by atoms with Crippen LogP contribution in [0.2, 0.25) is 0 Å². The van der Waals surface area contributed by atoms with Gasteiger partial charge in [-0.1, -0.05) is 20.8 Å². The second-order valence-electron chi connectivity index (χ2n) is 5.44. The van der Waals surface area contributed by atoms with Crippen molar-refractivity contribution in [3.8, 4) is 0 Å². The summed E-state index contributed by atoms with van der Waals surface area (Å²) < 4.78 is 0. The molecule has 4 aliphatic carbocycles. The first-order valence-electron chi connectivity index (χ1n) is 5.15. The van der Waals surface area contributed by atoms with Crippen LogP contribution in [0.4, 0.5) is 0 Å². The lowest BCUT2D eigenvalue weighted by Gasteiger charge is -2.32. The van der Waals surface area contributed by atoms with Crippen molar-refractivity contribution in [1.29, 1.82) is 0 Å². The summed E-state index contributed by atoms with van der Waals surface area (Å²) in [4.78, 5) is 0. The van der Waals surface area contributed by atoms with Crippen molar-refractivity contribution < 1.29 is 0 Å². The summed E-state index contributed by atoms with van der Waals surface area (Å²) >= 11 is 0. The van der Waals surface area contributed by atoms with Crippen LogP contribution in [0.5, 0.6) is 0 Å². The zero-order chi connectivity index (χ0) is 7.80. The molecule has 0 spiro atoms. The van der Waals surface area contributed by atoms with E-state index in [2.05, 4.69) is 20.8 Å². The minimum absolute atomic E-state index is 0.759. The van der Waals surface area contributed by atoms with Crippen LogP contribution in [0, 0.1) is 35.0 Å². The normalized spacial score (nSPS) is 71.7. The molecule has 0 saturated heterocycles. The highest BCUT2D eigenvalue weighted by atomic mass is 14.7. The maximum absolute atomic E-state index is 2.56. The van der Waals surface area contributed by atoms with Crippen LogP contribution >= 0.6 is 0 Å². The lowest BCUT2D eigenvalue weighted by molar-refractivity contribution is 0.162. The summed E-state index contributed by atoms with van der Waals surface area (Å²) in [5, 5.41) is 0. The largest absolute Gasteiger partial charge is 0.0617 e. The topological polar surface area (TPSA) is 0 Å². The highest BCUT2D eigenvalue weighted by molar-refractivity contribution is 5.16. The maximum atomic E-state index is 2.56. The van der Waals surface area contributed by atoms with Gasteiger partial charge in [0.25, 0.3) is 0 Å². The van der Waals surface area contributed by atoms with Crippen LogP contribution in [0.3, 0.4) is 0 Å². The molecule has 0 heteroatoms. The van der Waals surface area contributed by atoms with E-state index in [4.69, 9.17) is 0 Å². The van der Waals surface area contributed by atoms with Crippen LogP contribution in [0.25, 0.3) is 0 Å². The molecule has 4 bridgehead atoms. The van der Waals surface area contributed by atoms with Gasteiger partial charge < -0.3 is 0 Å². The predicted molar refractivity (Wildman–Crippen MR) is 46.1 cm³/mol. The fourth-order valence-corrected chi connectivity index (χ4v) is 4.84. The number of rotatable bonds is 0. The Kier molecular flexibility index (Phi) is 0.906. The predicted octanol–water partition coefficient (Wildman–Crippen LogP) is 2.93. The van der Waals surface area contributed by atoms with Gasteiger partial charge in [-0.3, -0.25) is 0 Å². The first kappa shape index (κ1) is 6.51. The average Bonchev–Trinajstić information content (AvgIpc) is 2.59. The number of hydrogen-bond donors (Lipinski definition) is 0. The Hall–Kier alpha value is 0. The molecule has 0 heterocycles. The smallest absolute Gasteiger partial charge is 0.0240 e. The summed E-state index contributed by atoms with van der Waals surface area (Å²) in [5.41, 5.74) is 0.759. The molecule has 11 heavy (non-hydrogen) atoms. The monoisotopic (exact) mass is 150 g/mol. The highest BCUT2D eigenvalue weighted by Gasteiger charge is 2.68. The van der Waals surface area contributed by atoms with E-state index in [1.807, 2.05) is 0 Å². The van der Waals surface area contributed by atoms with Gasteiger partial charge in [0.05, 0.1) is 0 Å². The lowest BCUT2D eigenvalue weighted by atomic mass is 9.73. The van der Waals surface area contributed by atoms with Crippen molar-refractivity contribution in [3.05, 3.63) is 0 Å². The molecule has 4 fully saturated rings. The van der Waals surface area contributed by atoms with Gasteiger partial charge in [0.15, 0.2) is 0 Å². The molecule has 62 valence electrons. The van der Waals surface area contributed by atoms with Gasteiger partial charge in [-0.15, -0.1) is 0 Å². The zero-order valence-electron chi connectivity index (χ0n) is 7.80. The summed E-state index contributed by atoms with van der Waals surface area (Å²) in [5.74, 6) is 5.45. The minimum Gasteiger partial charge on any atom is -0.0617 e. The fourth-order valence-electron chi connectivity index (χ4n) is 4.84. The zero-order valence-corrected chi connectivity index (χ0v) is 7.80. The summed E-state index contributed by atoms with van der Waals surface area (Å²) in [6, 6.07) is 0. The quantitative estimate of drug-likeness (QED) is 0.498. The van der Waals surface area contributed by atoms with Crippen LogP contribution in [-0.4, -0.2) is 0 Å². The standard InChI is InChI=1S/C11H18/c1-6-9-4-8-5-10(9)7(2)11(6,8)3/h6-10H,4-5H2,1-3H3. The molecule has 4 unspecified atom stereocenters. The van der Waals surface area contributed by atoms with Gasteiger partial charge in [0.1, 0.15) is 0 Å². The van der Waals surface area contributed by atoms with Crippen LogP contribution in [-0.2, 0) is 0 Å². The Bertz CT molecular complexity index is 179. The molecule has 0 aromatic heterocycles. The van der Waals surface area contributed by atoms with Gasteiger partial charge in [-0.05, 0) is 47.8 Å². The Morgan fingerprint density at radius 1 is 1.00 bits per heavy atom. The Morgan fingerprint density at radius 2 is 1.45 bits per heavy atom. The van der Waals surface area contributed by atoms with Crippen molar-refractivity contribution in [2.45, 2.75) is 33.6 Å². The average molecular weight is 150 g/mol. The third-order valence-corrected chi connectivity index (χ3v) is 5.79. The summed E-state index contributed by atoms with van der Waals surface area (Å²) in [6.07, 6.45) is 3.15. The van der Waals surface area contributed by atoms with Crippen molar-refractivity contribution in [3.63, 3.8) is 0 Å². The van der Waals surface area contributed by atoms with Crippen LogP contribution < -0.4 is 0 Å². The summed E-state index contributed by atoms with van der Waals surface area (Å²) in [6.45, 7) is 7.56. The van der Waals surface area contributed by atoms with Gasteiger partial charge in [-0.25, -0.2) is 0 Å². The molecular formula is C11H18. The molecule has 0 aromatic carbocycles. The third-order valence-electron chi connectivity index (χ3n) is 5.79. The first-order chi connectivity index (χ1) is 5.15. The van der Waals surface area contributed by atoms with Crippen molar-refractivity contribution in [1.82, 2.24) is 0 Å². The maximum Gasteiger partial charge on any atom is -0.0240 e. The molecule has 4 aliphatic rings. The molecule has 4 saturated carbocycles. The molecular weight excluding hydrogens is 132 g/mol. The van der Waals surface area contributed by atoms with E-state index in [0.717, 1.165) is 35.0 Å². The van der Waals surface area contributed by atoms with Gasteiger partial charge in [0, 0.05) is 0 Å². The van der Waals surface area contributed by atoms with Crippen molar-refractivity contribution in [2.75, 3.05) is 0 Å². The molecule has 4 atom stereocenters. The summed E-state index contributed by atoms with van der Waals surface area (Å²) in [7, 11) is 0. The van der Waals surface area contributed by atoms with Crippen LogP contribution in [0.15, 0.2) is 0 Å². The van der Waals surface area contributed by atoms with E-state index in [9.17, 15) is 0 Å². The minimum atomic E-state index is 0.759.